The highest BCUT2D eigenvalue weighted by Gasteiger charge is 2.15. The Labute approximate surface area is 71.8 Å². The van der Waals surface area contributed by atoms with Crippen LogP contribution in [0.25, 0.3) is 0 Å². The van der Waals surface area contributed by atoms with Crippen LogP contribution in [-0.4, -0.2) is 6.26 Å². The van der Waals surface area contributed by atoms with E-state index in [0.29, 0.717) is 6.07 Å². The Balaban J connectivity index is 3.42. The van der Waals surface area contributed by atoms with Crippen LogP contribution in [0.5, 0.6) is 0 Å². The van der Waals surface area contributed by atoms with Crippen molar-refractivity contribution in [2.75, 3.05) is 12.0 Å². The number of halogens is 3. The normalized spacial score (nSPS) is 10.3. The van der Waals surface area contributed by atoms with Gasteiger partial charge in [0.15, 0.2) is 11.6 Å². The molecule has 0 unspecified atom stereocenters. The maximum absolute atomic E-state index is 12.8. The molecule has 1 aromatic rings. The number of nitrogen functional groups attached to an aromatic ring is 1. The van der Waals surface area contributed by atoms with Crippen LogP contribution in [-0.2, 0) is 0 Å². The number of hydrogen-bond donors (Lipinski definition) is 1. The number of anilines is 1. The Hall–Kier alpha value is -0.840. The van der Waals surface area contributed by atoms with Crippen LogP contribution in [0, 0.1) is 17.5 Å². The molecule has 0 saturated heterocycles. The number of rotatable bonds is 1. The Bertz CT molecular complexity index is 288. The largest absolute Gasteiger partial charge is 0.395 e. The first-order valence-corrected chi connectivity index (χ1v) is 4.27. The van der Waals surface area contributed by atoms with Crippen molar-refractivity contribution >= 4 is 17.4 Å². The van der Waals surface area contributed by atoms with Crippen LogP contribution in [0.1, 0.15) is 0 Å². The summed E-state index contributed by atoms with van der Waals surface area (Å²) in [6.07, 6.45) is 1.49. The van der Waals surface area contributed by atoms with Gasteiger partial charge in [-0.2, -0.15) is 0 Å². The van der Waals surface area contributed by atoms with Gasteiger partial charge in [0, 0.05) is 6.07 Å². The third-order valence-corrected chi connectivity index (χ3v) is 2.18. The number of thioether (sulfide) groups is 1. The quantitative estimate of drug-likeness (QED) is 0.421. The number of benzene rings is 1. The van der Waals surface area contributed by atoms with Crippen molar-refractivity contribution in [3.8, 4) is 0 Å². The molecule has 0 saturated carbocycles. The van der Waals surface area contributed by atoms with E-state index in [1.165, 1.54) is 6.26 Å². The van der Waals surface area contributed by atoms with E-state index in [1.54, 1.807) is 0 Å². The Morgan fingerprint density at radius 3 is 2.33 bits per heavy atom. The SMILES string of the molecule is CSc1c(N)c(F)cc(F)c1F. The van der Waals surface area contributed by atoms with Crippen molar-refractivity contribution in [3.05, 3.63) is 23.5 Å². The molecule has 1 aromatic carbocycles. The van der Waals surface area contributed by atoms with Gasteiger partial charge in [-0.25, -0.2) is 13.2 Å². The minimum Gasteiger partial charge on any atom is -0.395 e. The van der Waals surface area contributed by atoms with Crippen LogP contribution in [0.3, 0.4) is 0 Å². The lowest BCUT2D eigenvalue weighted by Crippen LogP contribution is -1.99. The van der Waals surface area contributed by atoms with E-state index in [9.17, 15) is 13.2 Å². The summed E-state index contributed by atoms with van der Waals surface area (Å²) < 4.78 is 38.0. The van der Waals surface area contributed by atoms with Crippen molar-refractivity contribution in [2.24, 2.45) is 0 Å². The average Bonchev–Trinajstić information content (AvgIpc) is 2.02. The topological polar surface area (TPSA) is 26.0 Å². The second-order valence-electron chi connectivity index (χ2n) is 2.10. The van der Waals surface area contributed by atoms with E-state index < -0.39 is 17.5 Å². The molecule has 0 radical (unpaired) electrons. The molecule has 1 rings (SSSR count). The van der Waals surface area contributed by atoms with Gasteiger partial charge in [-0.05, 0) is 6.26 Å². The summed E-state index contributed by atoms with van der Waals surface area (Å²) in [6.45, 7) is 0. The molecule has 0 spiro atoms. The lowest BCUT2D eigenvalue weighted by Gasteiger charge is -2.05. The van der Waals surface area contributed by atoms with E-state index >= 15 is 0 Å². The van der Waals surface area contributed by atoms with Crippen LogP contribution < -0.4 is 5.73 Å². The van der Waals surface area contributed by atoms with Gasteiger partial charge in [0.05, 0.1) is 10.6 Å². The van der Waals surface area contributed by atoms with Crippen molar-refractivity contribution in [3.63, 3.8) is 0 Å². The van der Waals surface area contributed by atoms with Crippen LogP contribution in [0.15, 0.2) is 11.0 Å². The fourth-order valence-corrected chi connectivity index (χ4v) is 1.38. The molecule has 1 nitrogen and oxygen atoms in total. The maximum atomic E-state index is 12.8. The van der Waals surface area contributed by atoms with Gasteiger partial charge in [-0.15, -0.1) is 11.8 Å². The summed E-state index contributed by atoms with van der Waals surface area (Å²) in [5.74, 6) is -3.24. The summed E-state index contributed by atoms with van der Waals surface area (Å²) in [5, 5.41) is 0. The molecule has 0 aliphatic heterocycles. The molecule has 0 bridgehead atoms. The lowest BCUT2D eigenvalue weighted by atomic mass is 10.3. The molecule has 5 heteroatoms. The number of nitrogens with two attached hydrogens (primary N) is 1. The highest BCUT2D eigenvalue weighted by atomic mass is 32.2. The summed E-state index contributed by atoms with van der Waals surface area (Å²) in [5.41, 5.74) is 4.81. The molecule has 66 valence electrons. The lowest BCUT2D eigenvalue weighted by molar-refractivity contribution is 0.479. The maximum Gasteiger partial charge on any atom is 0.174 e. The third-order valence-electron chi connectivity index (χ3n) is 1.37. The molecule has 0 atom stereocenters. The van der Waals surface area contributed by atoms with Crippen LogP contribution in [0.2, 0.25) is 0 Å². The standard InChI is InChI=1S/C7H6F3NS/c1-12-7-5(10)3(8)2-4(9)6(7)11/h2H,11H2,1H3. The summed E-state index contributed by atoms with van der Waals surface area (Å²) in [7, 11) is 0. The van der Waals surface area contributed by atoms with Crippen LogP contribution in [0.4, 0.5) is 18.9 Å². The molecule has 0 amide bonds. The summed E-state index contributed by atoms with van der Waals surface area (Å²) >= 11 is 0.870. The van der Waals surface area contributed by atoms with Gasteiger partial charge in [0.1, 0.15) is 5.82 Å². The molecule has 0 heterocycles. The van der Waals surface area contributed by atoms with Gasteiger partial charge in [0.2, 0.25) is 0 Å². The van der Waals surface area contributed by atoms with E-state index in [-0.39, 0.29) is 10.6 Å². The molecular formula is C7H6F3NS. The van der Waals surface area contributed by atoms with Gasteiger partial charge in [-0.1, -0.05) is 0 Å². The van der Waals surface area contributed by atoms with Crippen LogP contribution >= 0.6 is 11.8 Å². The smallest absolute Gasteiger partial charge is 0.174 e. The van der Waals surface area contributed by atoms with Gasteiger partial charge in [-0.3, -0.25) is 0 Å². The average molecular weight is 193 g/mol. The highest BCUT2D eigenvalue weighted by molar-refractivity contribution is 7.98. The van der Waals surface area contributed by atoms with E-state index in [2.05, 4.69) is 0 Å². The van der Waals surface area contributed by atoms with Gasteiger partial charge < -0.3 is 5.73 Å². The molecule has 2 N–H and O–H groups in total. The Morgan fingerprint density at radius 1 is 1.25 bits per heavy atom. The van der Waals surface area contributed by atoms with Crippen molar-refractivity contribution < 1.29 is 13.2 Å². The predicted octanol–water partition coefficient (Wildman–Crippen LogP) is 2.41. The fraction of sp³-hybridized carbons (Fsp3) is 0.143. The second kappa shape index (κ2) is 3.26. The fourth-order valence-electron chi connectivity index (χ4n) is 0.787. The molecule has 0 aliphatic rings. The third kappa shape index (κ3) is 1.36. The van der Waals surface area contributed by atoms with E-state index in [0.717, 1.165) is 11.8 Å². The minimum atomic E-state index is -1.22. The molecule has 12 heavy (non-hydrogen) atoms. The zero-order valence-corrected chi connectivity index (χ0v) is 7.01. The highest BCUT2D eigenvalue weighted by Crippen LogP contribution is 2.29. The molecular weight excluding hydrogens is 187 g/mol. The second-order valence-corrected chi connectivity index (χ2v) is 2.92. The van der Waals surface area contributed by atoms with Gasteiger partial charge in [0.25, 0.3) is 0 Å². The zero-order valence-electron chi connectivity index (χ0n) is 6.20. The first-order chi connectivity index (χ1) is 5.57. The summed E-state index contributed by atoms with van der Waals surface area (Å²) in [4.78, 5) is -0.188. The van der Waals surface area contributed by atoms with E-state index in [4.69, 9.17) is 5.73 Å². The first-order valence-electron chi connectivity index (χ1n) is 3.05. The molecule has 0 aliphatic carbocycles. The van der Waals surface area contributed by atoms with Crippen molar-refractivity contribution in [1.82, 2.24) is 0 Å². The van der Waals surface area contributed by atoms with Crippen molar-refractivity contribution in [1.29, 1.82) is 0 Å². The van der Waals surface area contributed by atoms with E-state index in [1.807, 2.05) is 0 Å². The summed E-state index contributed by atoms with van der Waals surface area (Å²) in [6, 6.07) is 0.435. The Morgan fingerprint density at radius 2 is 1.83 bits per heavy atom. The predicted molar refractivity (Wildman–Crippen MR) is 42.5 cm³/mol. The molecule has 0 aromatic heterocycles. The molecule has 0 fully saturated rings. The first kappa shape index (κ1) is 9.25. The zero-order chi connectivity index (χ0) is 9.30. The van der Waals surface area contributed by atoms with Crippen molar-refractivity contribution in [2.45, 2.75) is 4.90 Å². The Kier molecular flexibility index (Phi) is 2.52. The van der Waals surface area contributed by atoms with Gasteiger partial charge >= 0.3 is 0 Å². The monoisotopic (exact) mass is 193 g/mol. The number of hydrogen-bond acceptors (Lipinski definition) is 2. The minimum absolute atomic E-state index is 0.188.